The summed E-state index contributed by atoms with van der Waals surface area (Å²) in [6, 6.07) is 7.36. The van der Waals surface area contributed by atoms with E-state index in [9.17, 15) is 10.1 Å². The van der Waals surface area contributed by atoms with Crippen LogP contribution in [0.2, 0.25) is 0 Å². The van der Waals surface area contributed by atoms with Crippen molar-refractivity contribution in [3.05, 3.63) is 34.4 Å². The molecule has 0 spiro atoms. The Bertz CT molecular complexity index is 734. The Morgan fingerprint density at radius 2 is 2.21 bits per heavy atom. The first kappa shape index (κ1) is 11.1. The molecule has 0 aliphatic heterocycles. The number of hydrogen-bond acceptors (Lipinski definition) is 8. The Hall–Kier alpha value is -3.04. The van der Waals surface area contributed by atoms with Gasteiger partial charge in [0.25, 0.3) is 5.82 Å². The molecule has 0 atom stereocenters. The Balaban J connectivity index is 1.83. The van der Waals surface area contributed by atoms with Gasteiger partial charge in [0.15, 0.2) is 5.16 Å². The molecule has 0 bridgehead atoms. The van der Waals surface area contributed by atoms with E-state index in [4.69, 9.17) is 0 Å². The van der Waals surface area contributed by atoms with E-state index in [0.29, 0.717) is 0 Å². The van der Waals surface area contributed by atoms with Gasteiger partial charge in [-0.15, -0.1) is 9.73 Å². The van der Waals surface area contributed by atoms with E-state index in [1.165, 1.54) is 0 Å². The molecule has 10 heteroatoms. The lowest BCUT2D eigenvalue weighted by Crippen LogP contribution is -2.10. The van der Waals surface area contributed by atoms with Gasteiger partial charge >= 0.3 is 5.82 Å². The molecule has 0 aliphatic carbocycles. The molecule has 0 unspecified atom stereocenters. The number of nitrogens with zero attached hydrogens (tertiary/aromatic N) is 6. The maximum absolute atomic E-state index is 10.6. The van der Waals surface area contributed by atoms with Crippen molar-refractivity contribution in [2.45, 2.75) is 6.67 Å². The van der Waals surface area contributed by atoms with E-state index >= 15 is 0 Å². The van der Waals surface area contributed by atoms with Crippen molar-refractivity contribution in [2.75, 3.05) is 5.32 Å². The van der Waals surface area contributed by atoms with Gasteiger partial charge in [-0.2, -0.15) is 0 Å². The minimum Gasteiger partial charge on any atom is -0.358 e. The molecular weight excluding hydrogens is 254 g/mol. The van der Waals surface area contributed by atoms with Crippen LogP contribution in [0.4, 0.5) is 11.6 Å². The minimum absolute atomic E-state index is 0.0513. The first-order valence-corrected chi connectivity index (χ1v) is 5.25. The molecule has 0 aliphatic rings. The fourth-order valence-electron chi connectivity index (χ4n) is 1.60. The van der Waals surface area contributed by atoms with Crippen LogP contribution in [-0.4, -0.2) is 30.2 Å². The summed E-state index contributed by atoms with van der Waals surface area (Å²) >= 11 is 0. The summed E-state index contributed by atoms with van der Waals surface area (Å²) < 4.78 is 5.86. The lowest BCUT2D eigenvalue weighted by Gasteiger charge is -2.02. The van der Waals surface area contributed by atoms with Crippen molar-refractivity contribution in [3.63, 3.8) is 0 Å². The van der Waals surface area contributed by atoms with Crippen LogP contribution in [-0.2, 0) is 6.67 Å². The number of nitro groups is 1. The summed E-state index contributed by atoms with van der Waals surface area (Å²) in [5, 5.41) is 27.8. The maximum Gasteiger partial charge on any atom is 0.458 e. The van der Waals surface area contributed by atoms with Crippen LogP contribution in [0.25, 0.3) is 11.0 Å². The summed E-state index contributed by atoms with van der Waals surface area (Å²) in [4.78, 5) is 9.94. The molecular formula is C9H7N7O3. The number of fused-ring (bicyclic) bond motifs is 1. The lowest BCUT2D eigenvalue weighted by atomic mass is 10.3. The second-order valence-electron chi connectivity index (χ2n) is 3.61. The number of benzene rings is 1. The predicted octanol–water partition coefficient (Wildman–Crippen LogP) is 0.792. The van der Waals surface area contributed by atoms with Crippen LogP contribution in [0, 0.1) is 10.1 Å². The van der Waals surface area contributed by atoms with Gasteiger partial charge in [0, 0.05) is 5.16 Å². The molecule has 0 radical (unpaired) electrons. The van der Waals surface area contributed by atoms with E-state index in [-0.39, 0.29) is 12.5 Å². The highest BCUT2D eigenvalue weighted by Crippen LogP contribution is 2.18. The summed E-state index contributed by atoms with van der Waals surface area (Å²) in [6.45, 7) is 0.162. The molecule has 0 saturated carbocycles. The molecule has 10 nitrogen and oxygen atoms in total. The van der Waals surface area contributed by atoms with E-state index in [2.05, 4.69) is 30.6 Å². The van der Waals surface area contributed by atoms with E-state index < -0.39 is 10.7 Å². The molecule has 2 heterocycles. The smallest absolute Gasteiger partial charge is 0.358 e. The largest absolute Gasteiger partial charge is 0.458 e. The van der Waals surface area contributed by atoms with Gasteiger partial charge in [-0.05, 0) is 17.1 Å². The zero-order valence-corrected chi connectivity index (χ0v) is 9.42. The Morgan fingerprint density at radius 1 is 1.37 bits per heavy atom. The molecule has 0 saturated heterocycles. The van der Waals surface area contributed by atoms with E-state index in [1.54, 1.807) is 4.68 Å². The maximum atomic E-state index is 10.6. The second kappa shape index (κ2) is 4.33. The third kappa shape index (κ3) is 1.94. The molecule has 1 N–H and O–H groups in total. The van der Waals surface area contributed by atoms with Crippen molar-refractivity contribution >= 4 is 22.7 Å². The number of aromatic nitrogens is 5. The first-order valence-electron chi connectivity index (χ1n) is 5.25. The highest BCUT2D eigenvalue weighted by Gasteiger charge is 2.21. The van der Waals surface area contributed by atoms with Gasteiger partial charge < -0.3 is 15.4 Å². The van der Waals surface area contributed by atoms with E-state index in [0.717, 1.165) is 11.0 Å². The van der Waals surface area contributed by atoms with Gasteiger partial charge in [-0.3, -0.25) is 0 Å². The number of para-hydroxylation sites is 1. The highest BCUT2D eigenvalue weighted by atomic mass is 16.6. The summed E-state index contributed by atoms with van der Waals surface area (Å²) in [6.07, 6.45) is 0. The zero-order valence-electron chi connectivity index (χ0n) is 9.42. The molecule has 2 aromatic heterocycles. The van der Waals surface area contributed by atoms with Crippen LogP contribution in [0.5, 0.6) is 0 Å². The second-order valence-corrected chi connectivity index (χ2v) is 3.61. The molecule has 1 aromatic carbocycles. The minimum atomic E-state index is -0.682. The third-order valence-electron chi connectivity index (χ3n) is 2.46. The molecule has 0 amide bonds. The van der Waals surface area contributed by atoms with Crippen LogP contribution < -0.4 is 5.32 Å². The average molecular weight is 261 g/mol. The number of hydrogen-bond donors (Lipinski definition) is 1. The van der Waals surface area contributed by atoms with Crippen molar-refractivity contribution in [1.82, 2.24) is 25.3 Å². The molecule has 3 aromatic rings. The summed E-state index contributed by atoms with van der Waals surface area (Å²) in [7, 11) is 0. The summed E-state index contributed by atoms with van der Waals surface area (Å²) in [5.74, 6) is -0.519. The summed E-state index contributed by atoms with van der Waals surface area (Å²) in [5.41, 5.74) is 1.53. The molecule has 96 valence electrons. The standard InChI is InChI=1S/C9H7N7O3/c17-16(18)9-8(12-19-13-9)10-5-15-7-4-2-1-3-6(7)11-14-15/h1-4H,5H2,(H,10,12). The van der Waals surface area contributed by atoms with Crippen LogP contribution >= 0.6 is 0 Å². The van der Waals surface area contributed by atoms with Crippen molar-refractivity contribution < 1.29 is 9.55 Å². The van der Waals surface area contributed by atoms with Crippen LogP contribution in [0.3, 0.4) is 0 Å². The Labute approximate surface area is 105 Å². The highest BCUT2D eigenvalue weighted by molar-refractivity contribution is 5.73. The van der Waals surface area contributed by atoms with Crippen LogP contribution in [0.1, 0.15) is 0 Å². The van der Waals surface area contributed by atoms with Gasteiger partial charge in [-0.25, -0.2) is 4.68 Å². The third-order valence-corrected chi connectivity index (χ3v) is 2.46. The zero-order chi connectivity index (χ0) is 13.2. The number of rotatable bonds is 4. The lowest BCUT2D eigenvalue weighted by molar-refractivity contribution is -0.390. The van der Waals surface area contributed by atoms with Gasteiger partial charge in [0.05, 0.1) is 5.52 Å². The monoisotopic (exact) mass is 261 g/mol. The fourth-order valence-corrected chi connectivity index (χ4v) is 1.60. The van der Waals surface area contributed by atoms with Crippen molar-refractivity contribution in [1.29, 1.82) is 0 Å². The molecule has 19 heavy (non-hydrogen) atoms. The van der Waals surface area contributed by atoms with E-state index in [1.807, 2.05) is 24.3 Å². The number of anilines is 1. The predicted molar refractivity (Wildman–Crippen MR) is 62.1 cm³/mol. The Kier molecular flexibility index (Phi) is 2.52. The van der Waals surface area contributed by atoms with Gasteiger partial charge in [0.2, 0.25) is 0 Å². The molecule has 0 fully saturated rings. The number of nitrogens with one attached hydrogen (secondary N) is 1. The quantitative estimate of drug-likeness (QED) is 0.539. The topological polar surface area (TPSA) is 125 Å². The van der Waals surface area contributed by atoms with Crippen molar-refractivity contribution in [2.24, 2.45) is 0 Å². The SMILES string of the molecule is O=[N+]([O-])c1nonc1NCn1nnc2ccccc21. The van der Waals surface area contributed by atoms with Gasteiger partial charge in [0.1, 0.15) is 12.2 Å². The molecule has 3 rings (SSSR count). The van der Waals surface area contributed by atoms with Crippen LogP contribution in [0.15, 0.2) is 28.9 Å². The first-order chi connectivity index (χ1) is 9.25. The normalized spacial score (nSPS) is 10.7. The van der Waals surface area contributed by atoms with Gasteiger partial charge in [-0.1, -0.05) is 17.3 Å². The Morgan fingerprint density at radius 3 is 3.05 bits per heavy atom. The fraction of sp³-hybridized carbons (Fsp3) is 0.111. The average Bonchev–Trinajstić information content (AvgIpc) is 3.03. The van der Waals surface area contributed by atoms with Crippen molar-refractivity contribution in [3.8, 4) is 0 Å².